The second-order valence-electron chi connectivity index (χ2n) is 7.25. The van der Waals surface area contributed by atoms with Gasteiger partial charge in [0.1, 0.15) is 5.56 Å². The van der Waals surface area contributed by atoms with Crippen LogP contribution in [0.5, 0.6) is 0 Å². The number of carboxylic acid groups (broad SMARTS) is 1. The van der Waals surface area contributed by atoms with Gasteiger partial charge in [0.25, 0.3) is 17.9 Å². The van der Waals surface area contributed by atoms with E-state index in [9.17, 15) is 19.5 Å². The molecule has 0 aromatic carbocycles. The Balaban J connectivity index is 0.000000817. The quantitative estimate of drug-likeness (QED) is 0.513. The molecule has 2 saturated heterocycles. The van der Waals surface area contributed by atoms with Gasteiger partial charge in [-0.2, -0.15) is 0 Å². The standard InChI is InChI=1S/C16H24N4O4.CH2O2/c1-18-7-4-12(21)16(9-18)5-3-6-20(10-16)14(23)11-8-19(2)15(24)17-13(11)22;2-1-3/h8,12,21H,3-7,9-10H2,1-2H3,(H,17,22,24);1H,(H,2,3)/t12-,16-;/m0./s1. The number of aromatic amines is 1. The lowest BCUT2D eigenvalue weighted by Gasteiger charge is -2.50. The summed E-state index contributed by atoms with van der Waals surface area (Å²) in [7, 11) is 3.51. The highest BCUT2D eigenvalue weighted by Crippen LogP contribution is 2.38. The van der Waals surface area contributed by atoms with E-state index in [-0.39, 0.29) is 23.4 Å². The number of aliphatic hydroxyl groups excluding tert-OH is 1. The van der Waals surface area contributed by atoms with E-state index in [0.29, 0.717) is 19.5 Å². The number of piperidine rings is 2. The number of rotatable bonds is 1. The predicted molar refractivity (Wildman–Crippen MR) is 96.7 cm³/mol. The van der Waals surface area contributed by atoms with Crippen molar-refractivity contribution in [3.05, 3.63) is 32.6 Å². The van der Waals surface area contributed by atoms with Gasteiger partial charge >= 0.3 is 5.69 Å². The Labute approximate surface area is 156 Å². The summed E-state index contributed by atoms with van der Waals surface area (Å²) in [5, 5.41) is 17.4. The van der Waals surface area contributed by atoms with E-state index in [0.717, 1.165) is 25.9 Å². The van der Waals surface area contributed by atoms with Crippen LogP contribution in [-0.2, 0) is 11.8 Å². The fraction of sp³-hybridized carbons (Fsp3) is 0.647. The van der Waals surface area contributed by atoms with Gasteiger partial charge in [-0.3, -0.25) is 19.4 Å². The number of hydrogen-bond donors (Lipinski definition) is 3. The molecule has 10 nitrogen and oxygen atoms in total. The minimum atomic E-state index is -0.663. The molecule has 2 atom stereocenters. The van der Waals surface area contributed by atoms with Crippen LogP contribution in [0.1, 0.15) is 29.6 Å². The van der Waals surface area contributed by atoms with Gasteiger partial charge in [-0.15, -0.1) is 0 Å². The summed E-state index contributed by atoms with van der Waals surface area (Å²) in [5.74, 6) is -0.383. The molecule has 0 saturated carbocycles. The van der Waals surface area contributed by atoms with Crippen LogP contribution in [0.2, 0.25) is 0 Å². The van der Waals surface area contributed by atoms with E-state index in [1.165, 1.54) is 17.8 Å². The monoisotopic (exact) mass is 382 g/mol. The topological polar surface area (TPSA) is 136 Å². The van der Waals surface area contributed by atoms with Crippen LogP contribution >= 0.6 is 0 Å². The van der Waals surface area contributed by atoms with Crippen LogP contribution in [0.15, 0.2) is 15.8 Å². The fourth-order valence-electron chi connectivity index (χ4n) is 3.99. The molecule has 1 aromatic rings. The van der Waals surface area contributed by atoms with E-state index in [2.05, 4.69) is 9.88 Å². The molecular weight excluding hydrogens is 356 g/mol. The van der Waals surface area contributed by atoms with E-state index in [1.54, 1.807) is 4.90 Å². The van der Waals surface area contributed by atoms with Crippen molar-refractivity contribution in [3.8, 4) is 0 Å². The maximum absolute atomic E-state index is 12.8. The van der Waals surface area contributed by atoms with Crippen LogP contribution in [-0.4, -0.2) is 81.3 Å². The summed E-state index contributed by atoms with van der Waals surface area (Å²) in [6, 6.07) is 0. The molecule has 2 aliphatic heterocycles. The zero-order valence-electron chi connectivity index (χ0n) is 15.6. The molecule has 0 unspecified atom stereocenters. The summed E-state index contributed by atoms with van der Waals surface area (Å²) in [4.78, 5) is 50.6. The Bertz CT molecular complexity index is 803. The third-order valence-corrected chi connectivity index (χ3v) is 5.31. The number of amides is 1. The van der Waals surface area contributed by atoms with Crippen LogP contribution in [0, 0.1) is 5.41 Å². The first kappa shape index (κ1) is 20.8. The van der Waals surface area contributed by atoms with Crippen molar-refractivity contribution in [3.63, 3.8) is 0 Å². The molecule has 1 spiro atoms. The van der Waals surface area contributed by atoms with Gasteiger partial charge in [0.15, 0.2) is 0 Å². The van der Waals surface area contributed by atoms with Gasteiger partial charge in [-0.1, -0.05) is 0 Å². The normalized spacial score (nSPS) is 25.6. The maximum Gasteiger partial charge on any atom is 0.328 e. The van der Waals surface area contributed by atoms with Gasteiger partial charge in [-0.05, 0) is 26.3 Å². The second kappa shape index (κ2) is 8.49. The number of aliphatic hydroxyl groups is 1. The highest BCUT2D eigenvalue weighted by molar-refractivity contribution is 5.93. The summed E-state index contributed by atoms with van der Waals surface area (Å²) >= 11 is 0. The summed E-state index contributed by atoms with van der Waals surface area (Å²) in [6.07, 6.45) is 3.20. The van der Waals surface area contributed by atoms with Crippen molar-refractivity contribution < 1.29 is 19.8 Å². The minimum Gasteiger partial charge on any atom is -0.483 e. The average molecular weight is 382 g/mol. The smallest absolute Gasteiger partial charge is 0.328 e. The zero-order valence-corrected chi connectivity index (χ0v) is 15.6. The summed E-state index contributed by atoms with van der Waals surface area (Å²) in [5.41, 5.74) is -1.58. The van der Waals surface area contributed by atoms with Crippen molar-refractivity contribution in [2.45, 2.75) is 25.4 Å². The van der Waals surface area contributed by atoms with E-state index in [1.807, 2.05) is 7.05 Å². The third kappa shape index (κ3) is 4.45. The van der Waals surface area contributed by atoms with Gasteiger partial charge < -0.3 is 24.6 Å². The number of carbonyl (C=O) groups excluding carboxylic acids is 1. The molecule has 2 aliphatic rings. The highest BCUT2D eigenvalue weighted by Gasteiger charge is 2.45. The lowest BCUT2D eigenvalue weighted by molar-refractivity contribution is -0.122. The molecule has 3 heterocycles. The van der Waals surface area contributed by atoms with Gasteiger partial charge in [0, 0.05) is 44.8 Å². The Kier molecular flexibility index (Phi) is 6.55. The minimum absolute atomic E-state index is 0.0344. The Morgan fingerprint density at radius 2 is 1.96 bits per heavy atom. The molecule has 1 aromatic heterocycles. The molecule has 3 rings (SSSR count). The molecule has 0 radical (unpaired) electrons. The Morgan fingerprint density at radius 1 is 1.30 bits per heavy atom. The summed E-state index contributed by atoms with van der Waals surface area (Å²) in [6.45, 7) is 2.32. The fourth-order valence-corrected chi connectivity index (χ4v) is 3.99. The van der Waals surface area contributed by atoms with E-state index >= 15 is 0 Å². The molecule has 10 heteroatoms. The van der Waals surface area contributed by atoms with Crippen LogP contribution in [0.4, 0.5) is 0 Å². The lowest BCUT2D eigenvalue weighted by atomic mass is 9.71. The number of nitrogens with one attached hydrogen (secondary N) is 1. The number of carbonyl (C=O) groups is 2. The van der Waals surface area contributed by atoms with Crippen LogP contribution < -0.4 is 11.2 Å². The van der Waals surface area contributed by atoms with Crippen LogP contribution in [0.25, 0.3) is 0 Å². The molecular formula is C17H26N4O6. The largest absolute Gasteiger partial charge is 0.483 e. The molecule has 27 heavy (non-hydrogen) atoms. The predicted octanol–water partition coefficient (Wildman–Crippen LogP) is -1.31. The zero-order chi connectivity index (χ0) is 20.2. The van der Waals surface area contributed by atoms with Crippen molar-refractivity contribution in [1.82, 2.24) is 19.4 Å². The molecule has 1 amide bonds. The average Bonchev–Trinajstić information content (AvgIpc) is 2.62. The first-order valence-electron chi connectivity index (χ1n) is 8.78. The SMILES string of the molecule is CN1CC[C@H](O)[C@@]2(CCCN(C(=O)c3cn(C)c(=O)[nH]c3=O)C2)C1.O=CO. The Morgan fingerprint density at radius 3 is 2.63 bits per heavy atom. The summed E-state index contributed by atoms with van der Waals surface area (Å²) < 4.78 is 1.19. The number of aryl methyl sites for hydroxylation is 1. The van der Waals surface area contributed by atoms with Gasteiger partial charge in [0.05, 0.1) is 6.10 Å². The van der Waals surface area contributed by atoms with Crippen LogP contribution in [0.3, 0.4) is 0 Å². The maximum atomic E-state index is 12.8. The van der Waals surface area contributed by atoms with Crippen molar-refractivity contribution in [1.29, 1.82) is 0 Å². The number of hydrogen-bond acceptors (Lipinski definition) is 6. The first-order chi connectivity index (χ1) is 12.7. The highest BCUT2D eigenvalue weighted by atomic mass is 16.3. The number of H-pyrrole nitrogens is 1. The molecule has 3 N–H and O–H groups in total. The molecule has 0 aliphatic carbocycles. The van der Waals surface area contributed by atoms with Gasteiger partial charge in [-0.25, -0.2) is 4.79 Å². The lowest BCUT2D eigenvalue weighted by Crippen LogP contribution is -2.59. The number of likely N-dealkylation sites (tertiary alicyclic amines) is 2. The second-order valence-corrected chi connectivity index (χ2v) is 7.25. The third-order valence-electron chi connectivity index (χ3n) is 5.31. The van der Waals surface area contributed by atoms with Crippen molar-refractivity contribution in [2.24, 2.45) is 12.5 Å². The number of nitrogens with zero attached hydrogens (tertiary/aromatic N) is 3. The Hall–Kier alpha value is -2.46. The van der Waals surface area contributed by atoms with E-state index < -0.39 is 17.4 Å². The van der Waals surface area contributed by atoms with E-state index in [4.69, 9.17) is 9.90 Å². The van der Waals surface area contributed by atoms with Crippen molar-refractivity contribution in [2.75, 3.05) is 33.2 Å². The molecule has 2 fully saturated rings. The number of aromatic nitrogens is 2. The first-order valence-corrected chi connectivity index (χ1v) is 8.78. The molecule has 150 valence electrons. The molecule has 0 bridgehead atoms. The van der Waals surface area contributed by atoms with Gasteiger partial charge in [0.2, 0.25) is 0 Å². The van der Waals surface area contributed by atoms with Crippen molar-refractivity contribution >= 4 is 12.4 Å².